The third-order valence-electron chi connectivity index (χ3n) is 4.16. The van der Waals surface area contributed by atoms with Crippen LogP contribution in [0.4, 0.5) is 0 Å². The van der Waals surface area contributed by atoms with Crippen molar-refractivity contribution in [3.63, 3.8) is 0 Å². The van der Waals surface area contributed by atoms with Gasteiger partial charge in [0.25, 0.3) is 0 Å². The van der Waals surface area contributed by atoms with Crippen LogP contribution in [-0.4, -0.2) is 50.6 Å². The van der Waals surface area contributed by atoms with Crippen LogP contribution in [0.2, 0.25) is 0 Å². The lowest BCUT2D eigenvalue weighted by Gasteiger charge is -2.30. The Kier molecular flexibility index (Phi) is 4.79. The largest absolute Gasteiger partial charge is 0.377 e. The van der Waals surface area contributed by atoms with Gasteiger partial charge in [-0.1, -0.05) is 0 Å². The van der Waals surface area contributed by atoms with Crippen molar-refractivity contribution in [2.75, 3.05) is 32.8 Å². The predicted molar refractivity (Wildman–Crippen MR) is 68.3 cm³/mol. The maximum absolute atomic E-state index is 5.88. The highest BCUT2D eigenvalue weighted by Crippen LogP contribution is 2.24. The molecule has 100 valence electrons. The first-order valence-corrected chi connectivity index (χ1v) is 6.90. The number of piperidine rings is 1. The van der Waals surface area contributed by atoms with Crippen molar-refractivity contribution in [1.82, 2.24) is 10.6 Å². The van der Waals surface area contributed by atoms with E-state index < -0.39 is 0 Å². The first kappa shape index (κ1) is 13.3. The van der Waals surface area contributed by atoms with Crippen LogP contribution < -0.4 is 10.6 Å². The highest BCUT2D eigenvalue weighted by molar-refractivity contribution is 4.93. The van der Waals surface area contributed by atoms with Crippen LogP contribution in [0.1, 0.15) is 33.1 Å². The molecule has 4 heteroatoms. The second kappa shape index (κ2) is 6.14. The normalized spacial score (nSPS) is 35.3. The molecule has 0 spiro atoms. The van der Waals surface area contributed by atoms with E-state index in [-0.39, 0.29) is 5.54 Å². The molecule has 2 aliphatic heterocycles. The Morgan fingerprint density at radius 2 is 2.18 bits per heavy atom. The van der Waals surface area contributed by atoms with Crippen molar-refractivity contribution in [2.45, 2.75) is 50.9 Å². The van der Waals surface area contributed by atoms with Crippen molar-refractivity contribution in [3.8, 4) is 0 Å². The molecule has 0 bridgehead atoms. The zero-order chi connectivity index (χ0) is 12.1. The molecule has 0 radical (unpaired) electrons. The van der Waals surface area contributed by atoms with Crippen molar-refractivity contribution in [1.29, 1.82) is 0 Å². The predicted octanol–water partition coefficient (Wildman–Crippen LogP) is 0.912. The van der Waals surface area contributed by atoms with Crippen LogP contribution in [0.15, 0.2) is 0 Å². The van der Waals surface area contributed by atoms with E-state index in [1.807, 2.05) is 0 Å². The summed E-state index contributed by atoms with van der Waals surface area (Å²) in [5, 5.41) is 6.93. The molecule has 2 rings (SSSR count). The summed E-state index contributed by atoms with van der Waals surface area (Å²) in [6.07, 6.45) is 4.17. The van der Waals surface area contributed by atoms with Crippen molar-refractivity contribution in [3.05, 3.63) is 0 Å². The van der Waals surface area contributed by atoms with Gasteiger partial charge in [-0.05, 0) is 46.2 Å². The summed E-state index contributed by atoms with van der Waals surface area (Å²) in [6, 6.07) is 0. The van der Waals surface area contributed by atoms with Crippen molar-refractivity contribution < 1.29 is 9.47 Å². The third kappa shape index (κ3) is 3.65. The average Bonchev–Trinajstić information content (AvgIpc) is 2.67. The summed E-state index contributed by atoms with van der Waals surface area (Å²) >= 11 is 0. The molecule has 2 heterocycles. The Balaban J connectivity index is 1.59. The maximum atomic E-state index is 5.88. The summed E-state index contributed by atoms with van der Waals surface area (Å²) in [6.45, 7) is 9.20. The molecule has 0 aromatic heterocycles. The molecular weight excluding hydrogens is 216 g/mol. The second-order valence-corrected chi connectivity index (χ2v) is 5.43. The van der Waals surface area contributed by atoms with Crippen LogP contribution in [0.5, 0.6) is 0 Å². The van der Waals surface area contributed by atoms with Gasteiger partial charge in [0.15, 0.2) is 0 Å². The minimum absolute atomic E-state index is 0.136. The van der Waals surface area contributed by atoms with Crippen molar-refractivity contribution >= 4 is 0 Å². The van der Waals surface area contributed by atoms with Gasteiger partial charge in [-0.3, -0.25) is 0 Å². The fourth-order valence-electron chi connectivity index (χ4n) is 2.59. The summed E-state index contributed by atoms with van der Waals surface area (Å²) in [5.74, 6) is 0. The average molecular weight is 242 g/mol. The van der Waals surface area contributed by atoms with Gasteiger partial charge in [0.05, 0.1) is 18.8 Å². The van der Waals surface area contributed by atoms with Gasteiger partial charge < -0.3 is 20.1 Å². The van der Waals surface area contributed by atoms with E-state index >= 15 is 0 Å². The quantitative estimate of drug-likeness (QED) is 0.703. The van der Waals surface area contributed by atoms with E-state index in [1.165, 1.54) is 0 Å². The lowest BCUT2D eigenvalue weighted by Crippen LogP contribution is -2.49. The number of hydrogen-bond donors (Lipinski definition) is 2. The van der Waals surface area contributed by atoms with Gasteiger partial charge in [-0.2, -0.15) is 0 Å². The minimum atomic E-state index is 0.136. The molecule has 0 aromatic rings. The van der Waals surface area contributed by atoms with Crippen LogP contribution in [0, 0.1) is 0 Å². The summed E-state index contributed by atoms with van der Waals surface area (Å²) in [5.41, 5.74) is 0.136. The first-order valence-electron chi connectivity index (χ1n) is 6.90. The molecule has 2 N–H and O–H groups in total. The van der Waals surface area contributed by atoms with Gasteiger partial charge in [0.2, 0.25) is 0 Å². The number of nitrogens with one attached hydrogen (secondary N) is 2. The van der Waals surface area contributed by atoms with E-state index in [2.05, 4.69) is 24.5 Å². The number of ether oxygens (including phenoxy) is 2. The zero-order valence-electron chi connectivity index (χ0n) is 11.1. The summed E-state index contributed by atoms with van der Waals surface area (Å²) < 4.78 is 11.5. The van der Waals surface area contributed by atoms with Gasteiger partial charge in [-0.25, -0.2) is 0 Å². The van der Waals surface area contributed by atoms with Crippen LogP contribution in [-0.2, 0) is 9.47 Å². The van der Waals surface area contributed by atoms with E-state index in [4.69, 9.17) is 9.47 Å². The lowest BCUT2D eigenvalue weighted by atomic mass is 9.95. The van der Waals surface area contributed by atoms with Gasteiger partial charge >= 0.3 is 0 Å². The van der Waals surface area contributed by atoms with Crippen LogP contribution in [0.3, 0.4) is 0 Å². The van der Waals surface area contributed by atoms with Crippen molar-refractivity contribution in [2.24, 2.45) is 0 Å². The summed E-state index contributed by atoms with van der Waals surface area (Å²) in [7, 11) is 0. The molecule has 0 saturated carbocycles. The molecule has 2 unspecified atom stereocenters. The third-order valence-corrected chi connectivity index (χ3v) is 4.16. The molecule has 17 heavy (non-hydrogen) atoms. The van der Waals surface area contributed by atoms with Crippen LogP contribution in [0.25, 0.3) is 0 Å². The molecule has 2 aliphatic rings. The zero-order valence-corrected chi connectivity index (χ0v) is 11.1. The number of rotatable bonds is 5. The highest BCUT2D eigenvalue weighted by atomic mass is 16.5. The van der Waals surface area contributed by atoms with Gasteiger partial charge in [0.1, 0.15) is 0 Å². The van der Waals surface area contributed by atoms with E-state index in [9.17, 15) is 0 Å². The molecule has 0 amide bonds. The smallest absolute Gasteiger partial charge is 0.0726 e. The standard InChI is InChI=1S/C13H26N2O2/c1-11-13(2,5-9-16-11)15-8-10-17-12-3-6-14-7-4-12/h11-12,14-15H,3-10H2,1-2H3. The molecular formula is C13H26N2O2. The minimum Gasteiger partial charge on any atom is -0.377 e. The topological polar surface area (TPSA) is 42.5 Å². The first-order chi connectivity index (χ1) is 8.21. The lowest BCUT2D eigenvalue weighted by molar-refractivity contribution is 0.0282. The molecule has 2 atom stereocenters. The van der Waals surface area contributed by atoms with E-state index in [0.29, 0.717) is 12.2 Å². The molecule has 0 aromatic carbocycles. The Morgan fingerprint density at radius 3 is 2.82 bits per heavy atom. The van der Waals surface area contributed by atoms with Gasteiger partial charge in [-0.15, -0.1) is 0 Å². The Morgan fingerprint density at radius 1 is 1.41 bits per heavy atom. The van der Waals surface area contributed by atoms with E-state index in [1.54, 1.807) is 0 Å². The Hall–Kier alpha value is -0.160. The molecule has 2 fully saturated rings. The fraction of sp³-hybridized carbons (Fsp3) is 1.00. The molecule has 0 aliphatic carbocycles. The monoisotopic (exact) mass is 242 g/mol. The summed E-state index contributed by atoms with van der Waals surface area (Å²) in [4.78, 5) is 0. The van der Waals surface area contributed by atoms with Crippen LogP contribution >= 0.6 is 0 Å². The maximum Gasteiger partial charge on any atom is 0.0726 e. The van der Waals surface area contributed by atoms with Gasteiger partial charge in [0, 0.05) is 18.7 Å². The second-order valence-electron chi connectivity index (χ2n) is 5.43. The SMILES string of the molecule is CC1OCCC1(C)NCCOC1CCNCC1. The Labute approximate surface area is 104 Å². The molecule has 2 saturated heterocycles. The Bertz CT molecular complexity index is 231. The number of hydrogen-bond acceptors (Lipinski definition) is 4. The molecule has 4 nitrogen and oxygen atoms in total. The van der Waals surface area contributed by atoms with E-state index in [0.717, 1.165) is 52.1 Å². The fourth-order valence-corrected chi connectivity index (χ4v) is 2.59. The highest BCUT2D eigenvalue weighted by Gasteiger charge is 2.36.